The molecule has 2 amide bonds. The maximum Gasteiger partial charge on any atom is 0.249 e. The van der Waals surface area contributed by atoms with Crippen LogP contribution in [0.5, 0.6) is 0 Å². The van der Waals surface area contributed by atoms with E-state index in [2.05, 4.69) is 20.9 Å². The number of carbonyl (C=O) groups is 2. The van der Waals surface area contributed by atoms with Crippen molar-refractivity contribution in [2.75, 3.05) is 14.1 Å². The number of amides is 2. The van der Waals surface area contributed by atoms with Crippen LogP contribution in [0, 0.1) is 0 Å². The first kappa shape index (κ1) is 10.5. The smallest absolute Gasteiger partial charge is 0.249 e. The predicted octanol–water partition coefficient (Wildman–Crippen LogP) is -1.41. The molecule has 1 rings (SSSR count). The van der Waals surface area contributed by atoms with Gasteiger partial charge in [-0.15, -0.1) is 0 Å². The molecule has 6 heteroatoms. The largest absolute Gasteiger partial charge is 0.359 e. The van der Waals surface area contributed by atoms with E-state index in [9.17, 15) is 9.59 Å². The van der Waals surface area contributed by atoms with E-state index >= 15 is 0 Å². The number of rotatable bonds is 1. The van der Waals surface area contributed by atoms with E-state index in [0.29, 0.717) is 18.8 Å². The highest BCUT2D eigenvalue weighted by Gasteiger charge is 2.26. The SMILES string of the molecule is CN=C(NC)NC1CCC(=O)NC1=O. The summed E-state index contributed by atoms with van der Waals surface area (Å²) in [6.07, 6.45) is 0.871. The quantitative estimate of drug-likeness (QED) is 0.274. The van der Waals surface area contributed by atoms with Crippen LogP contribution in [-0.2, 0) is 9.59 Å². The number of carbonyl (C=O) groups excluding carboxylic acids is 2. The molecule has 14 heavy (non-hydrogen) atoms. The van der Waals surface area contributed by atoms with E-state index in [0.717, 1.165) is 0 Å². The van der Waals surface area contributed by atoms with Crippen molar-refractivity contribution in [2.24, 2.45) is 4.99 Å². The fourth-order valence-corrected chi connectivity index (χ4v) is 1.24. The number of hydrogen-bond acceptors (Lipinski definition) is 3. The molecule has 1 atom stereocenters. The van der Waals surface area contributed by atoms with E-state index < -0.39 is 0 Å². The monoisotopic (exact) mass is 198 g/mol. The second-order valence-electron chi connectivity index (χ2n) is 2.97. The first-order valence-corrected chi connectivity index (χ1v) is 4.42. The Hall–Kier alpha value is -1.59. The Kier molecular flexibility index (Phi) is 3.44. The lowest BCUT2D eigenvalue weighted by Crippen LogP contribution is -2.54. The summed E-state index contributed by atoms with van der Waals surface area (Å²) >= 11 is 0. The zero-order chi connectivity index (χ0) is 10.6. The fraction of sp³-hybridized carbons (Fsp3) is 0.625. The van der Waals surface area contributed by atoms with Crippen LogP contribution in [0.25, 0.3) is 0 Å². The standard InChI is InChI=1S/C8H14N4O2/c1-9-8(10-2)11-5-3-4-6(13)12-7(5)14/h5H,3-4H2,1-2H3,(H2,9,10,11)(H,12,13,14). The molecular formula is C8H14N4O2. The molecule has 3 N–H and O–H groups in total. The highest BCUT2D eigenvalue weighted by molar-refractivity contribution is 6.01. The number of aliphatic imine (C=N–C) groups is 1. The van der Waals surface area contributed by atoms with E-state index in [1.54, 1.807) is 14.1 Å². The number of nitrogens with zero attached hydrogens (tertiary/aromatic N) is 1. The van der Waals surface area contributed by atoms with Crippen molar-refractivity contribution in [2.45, 2.75) is 18.9 Å². The molecule has 0 aromatic heterocycles. The minimum absolute atomic E-state index is 0.215. The third kappa shape index (κ3) is 2.45. The van der Waals surface area contributed by atoms with Gasteiger partial charge in [0.25, 0.3) is 0 Å². The van der Waals surface area contributed by atoms with Crippen molar-refractivity contribution in [1.29, 1.82) is 0 Å². The molecule has 0 bridgehead atoms. The first-order valence-electron chi connectivity index (χ1n) is 4.42. The van der Waals surface area contributed by atoms with Crippen LogP contribution in [0.15, 0.2) is 4.99 Å². The molecule has 1 aliphatic rings. The molecule has 1 fully saturated rings. The van der Waals surface area contributed by atoms with Crippen LogP contribution in [0.3, 0.4) is 0 Å². The van der Waals surface area contributed by atoms with Crippen LogP contribution < -0.4 is 16.0 Å². The number of nitrogens with one attached hydrogen (secondary N) is 3. The Morgan fingerprint density at radius 3 is 2.79 bits per heavy atom. The second-order valence-corrected chi connectivity index (χ2v) is 2.97. The van der Waals surface area contributed by atoms with E-state index in [1.165, 1.54) is 0 Å². The Morgan fingerprint density at radius 2 is 2.29 bits per heavy atom. The average Bonchev–Trinajstić information content (AvgIpc) is 2.17. The molecule has 1 heterocycles. The van der Waals surface area contributed by atoms with Gasteiger partial charge in [-0.05, 0) is 6.42 Å². The minimum Gasteiger partial charge on any atom is -0.359 e. The van der Waals surface area contributed by atoms with Crippen molar-refractivity contribution < 1.29 is 9.59 Å². The average molecular weight is 198 g/mol. The zero-order valence-corrected chi connectivity index (χ0v) is 8.26. The predicted molar refractivity (Wildman–Crippen MR) is 51.7 cm³/mol. The van der Waals surface area contributed by atoms with Gasteiger partial charge in [-0.25, -0.2) is 0 Å². The van der Waals surface area contributed by atoms with Gasteiger partial charge in [0, 0.05) is 20.5 Å². The summed E-state index contributed by atoms with van der Waals surface area (Å²) in [5.74, 6) is 0.0321. The van der Waals surface area contributed by atoms with Crippen molar-refractivity contribution in [1.82, 2.24) is 16.0 Å². The van der Waals surface area contributed by atoms with Gasteiger partial charge in [-0.1, -0.05) is 0 Å². The summed E-state index contributed by atoms with van der Waals surface area (Å²) in [5.41, 5.74) is 0. The molecule has 78 valence electrons. The Bertz CT molecular complexity index is 275. The highest BCUT2D eigenvalue weighted by Crippen LogP contribution is 2.03. The lowest BCUT2D eigenvalue weighted by molar-refractivity contribution is -0.134. The van der Waals surface area contributed by atoms with Crippen LogP contribution in [0.4, 0.5) is 0 Å². The molecule has 1 aliphatic heterocycles. The highest BCUT2D eigenvalue weighted by atomic mass is 16.2. The van der Waals surface area contributed by atoms with Gasteiger partial charge in [0.15, 0.2) is 5.96 Å². The van der Waals surface area contributed by atoms with Crippen LogP contribution in [-0.4, -0.2) is 37.9 Å². The topological polar surface area (TPSA) is 82.6 Å². The lowest BCUT2D eigenvalue weighted by atomic mass is 10.1. The molecule has 0 aliphatic carbocycles. The van der Waals surface area contributed by atoms with Crippen LogP contribution >= 0.6 is 0 Å². The molecule has 0 radical (unpaired) electrons. The summed E-state index contributed by atoms with van der Waals surface area (Å²) in [5, 5.41) is 7.96. The van der Waals surface area contributed by atoms with Gasteiger partial charge in [0.2, 0.25) is 11.8 Å². The third-order valence-electron chi connectivity index (χ3n) is 2.01. The van der Waals surface area contributed by atoms with E-state index in [-0.39, 0.29) is 17.9 Å². The Balaban J connectivity index is 2.53. The summed E-state index contributed by atoms with van der Waals surface area (Å²) in [6, 6.07) is -0.376. The minimum atomic E-state index is -0.376. The third-order valence-corrected chi connectivity index (χ3v) is 2.01. The van der Waals surface area contributed by atoms with Gasteiger partial charge in [0.1, 0.15) is 6.04 Å². The van der Waals surface area contributed by atoms with Crippen molar-refractivity contribution >= 4 is 17.8 Å². The van der Waals surface area contributed by atoms with Gasteiger partial charge in [-0.3, -0.25) is 19.9 Å². The summed E-state index contributed by atoms with van der Waals surface area (Å²) < 4.78 is 0. The molecule has 0 aromatic rings. The van der Waals surface area contributed by atoms with Gasteiger partial charge >= 0.3 is 0 Å². The number of piperidine rings is 1. The van der Waals surface area contributed by atoms with Gasteiger partial charge in [-0.2, -0.15) is 0 Å². The zero-order valence-electron chi connectivity index (χ0n) is 8.26. The van der Waals surface area contributed by atoms with Crippen LogP contribution in [0.1, 0.15) is 12.8 Å². The Morgan fingerprint density at radius 1 is 1.57 bits per heavy atom. The maximum absolute atomic E-state index is 11.3. The van der Waals surface area contributed by atoms with Crippen molar-refractivity contribution in [3.63, 3.8) is 0 Å². The first-order chi connectivity index (χ1) is 6.67. The summed E-state index contributed by atoms with van der Waals surface area (Å²) in [4.78, 5) is 26.0. The molecule has 1 saturated heterocycles. The fourth-order valence-electron chi connectivity index (χ4n) is 1.24. The molecule has 0 aromatic carbocycles. The van der Waals surface area contributed by atoms with Crippen molar-refractivity contribution in [3.8, 4) is 0 Å². The maximum atomic E-state index is 11.3. The normalized spacial score (nSPS) is 23.0. The number of guanidine groups is 1. The molecule has 0 spiro atoms. The number of hydrogen-bond donors (Lipinski definition) is 3. The van der Waals surface area contributed by atoms with Crippen molar-refractivity contribution in [3.05, 3.63) is 0 Å². The molecule has 6 nitrogen and oxygen atoms in total. The molecule has 1 unspecified atom stereocenters. The van der Waals surface area contributed by atoms with Crippen LogP contribution in [0.2, 0.25) is 0 Å². The second kappa shape index (κ2) is 4.59. The molecule has 0 saturated carbocycles. The lowest BCUT2D eigenvalue weighted by Gasteiger charge is -2.22. The van der Waals surface area contributed by atoms with E-state index in [4.69, 9.17) is 0 Å². The van der Waals surface area contributed by atoms with Gasteiger partial charge in [0.05, 0.1) is 0 Å². The van der Waals surface area contributed by atoms with E-state index in [1.807, 2.05) is 0 Å². The van der Waals surface area contributed by atoms with Gasteiger partial charge < -0.3 is 10.6 Å². The number of imide groups is 1. The summed E-state index contributed by atoms with van der Waals surface area (Å²) in [7, 11) is 3.33. The molecular weight excluding hydrogens is 184 g/mol. The Labute approximate surface area is 82.2 Å². The summed E-state index contributed by atoms with van der Waals surface area (Å²) in [6.45, 7) is 0.